The lowest BCUT2D eigenvalue weighted by molar-refractivity contribution is 1.11. The molecule has 0 fully saturated rings. The highest BCUT2D eigenvalue weighted by molar-refractivity contribution is 6.23. The summed E-state index contributed by atoms with van der Waals surface area (Å²) in [6.45, 7) is 4.41. The smallest absolute Gasteiger partial charge is 0.0468 e. The zero-order valence-electron chi connectivity index (χ0n) is 21.3. The van der Waals surface area contributed by atoms with Gasteiger partial charge in [0.05, 0.1) is 0 Å². The number of nitrogen functional groups attached to an aromatic ring is 1. The third-order valence-corrected chi connectivity index (χ3v) is 7.33. The number of nitrogens with one attached hydrogen (secondary N) is 1. The predicted octanol–water partition coefficient (Wildman–Crippen LogP) is 9.32. The average molecular weight is 479 g/mol. The first kappa shape index (κ1) is 22.9. The summed E-state index contributed by atoms with van der Waals surface area (Å²) in [6.07, 6.45) is 0.868. The minimum Gasteiger partial charge on any atom is -0.398 e. The Balaban J connectivity index is 1.65. The molecule has 3 N–H and O–H groups in total. The van der Waals surface area contributed by atoms with Gasteiger partial charge in [-0.3, -0.25) is 0 Å². The van der Waals surface area contributed by atoms with E-state index in [1.165, 1.54) is 54.9 Å². The van der Waals surface area contributed by atoms with E-state index in [1.807, 2.05) is 0 Å². The lowest BCUT2D eigenvalue weighted by atomic mass is 9.91. The molecule has 2 heteroatoms. The molecule has 6 aromatic carbocycles. The number of anilines is 2. The van der Waals surface area contributed by atoms with E-state index in [-0.39, 0.29) is 0 Å². The Morgan fingerprint density at radius 2 is 1.19 bits per heavy atom. The predicted molar refractivity (Wildman–Crippen MR) is 161 cm³/mol. The van der Waals surface area contributed by atoms with Crippen LogP contribution in [0.2, 0.25) is 0 Å². The summed E-state index contributed by atoms with van der Waals surface area (Å²) < 4.78 is 0. The fourth-order valence-corrected chi connectivity index (χ4v) is 5.52. The summed E-state index contributed by atoms with van der Waals surface area (Å²) in [4.78, 5) is 0. The Hall–Kier alpha value is -4.56. The molecule has 0 aliphatic rings. The molecular weight excluding hydrogens is 448 g/mol. The van der Waals surface area contributed by atoms with Crippen molar-refractivity contribution >= 4 is 49.3 Å². The number of rotatable bonds is 5. The van der Waals surface area contributed by atoms with E-state index in [1.54, 1.807) is 0 Å². The molecule has 37 heavy (non-hydrogen) atoms. The molecule has 0 atom stereocenters. The highest BCUT2D eigenvalue weighted by Gasteiger charge is 2.16. The van der Waals surface area contributed by atoms with Gasteiger partial charge in [0.25, 0.3) is 0 Å². The lowest BCUT2D eigenvalue weighted by Gasteiger charge is -2.21. The minimum absolute atomic E-state index is 0.814. The number of benzene rings is 6. The number of aryl methyl sites for hydroxylation is 1. The fourth-order valence-electron chi connectivity index (χ4n) is 5.52. The molecular formula is C35H30N2. The Morgan fingerprint density at radius 1 is 0.622 bits per heavy atom. The molecule has 0 saturated carbocycles. The van der Waals surface area contributed by atoms with Crippen molar-refractivity contribution in [3.63, 3.8) is 0 Å². The fraction of sp³-hybridized carbons (Fsp3) is 0.0857. The maximum absolute atomic E-state index is 6.51. The minimum atomic E-state index is 0.814. The second-order valence-corrected chi connectivity index (χ2v) is 9.59. The highest BCUT2D eigenvalue weighted by atomic mass is 14.9. The van der Waals surface area contributed by atoms with Crippen molar-refractivity contribution in [2.24, 2.45) is 0 Å². The monoisotopic (exact) mass is 478 g/mol. The number of nitrogens with two attached hydrogens (primary N) is 1. The van der Waals surface area contributed by atoms with E-state index in [2.05, 4.69) is 134 Å². The Kier molecular flexibility index (Phi) is 5.86. The van der Waals surface area contributed by atoms with Gasteiger partial charge in [0.15, 0.2) is 0 Å². The second kappa shape index (κ2) is 9.48. The van der Waals surface area contributed by atoms with E-state index in [4.69, 9.17) is 5.73 Å². The lowest BCUT2D eigenvalue weighted by Crippen LogP contribution is -2.06. The first-order chi connectivity index (χ1) is 18.2. The third-order valence-electron chi connectivity index (χ3n) is 7.33. The Bertz CT molecular complexity index is 1800. The summed E-state index contributed by atoms with van der Waals surface area (Å²) in [6, 6.07) is 40.8. The van der Waals surface area contributed by atoms with Gasteiger partial charge in [-0.25, -0.2) is 0 Å². The van der Waals surface area contributed by atoms with Crippen LogP contribution >= 0.6 is 0 Å². The number of hydrogen-bond acceptors (Lipinski definition) is 2. The molecule has 0 spiro atoms. The average Bonchev–Trinajstić information content (AvgIpc) is 2.95. The molecule has 0 aliphatic heterocycles. The van der Waals surface area contributed by atoms with Gasteiger partial charge in [-0.1, -0.05) is 110 Å². The summed E-state index contributed by atoms with van der Waals surface area (Å²) in [5.41, 5.74) is 14.6. The van der Waals surface area contributed by atoms with Gasteiger partial charge in [0.1, 0.15) is 0 Å². The zero-order chi connectivity index (χ0) is 25.4. The van der Waals surface area contributed by atoms with Crippen LogP contribution in [0.3, 0.4) is 0 Å². The largest absolute Gasteiger partial charge is 0.398 e. The number of fused-ring (bicyclic) bond motifs is 5. The highest BCUT2D eigenvalue weighted by Crippen LogP contribution is 2.40. The van der Waals surface area contributed by atoms with Gasteiger partial charge in [-0.2, -0.15) is 0 Å². The normalized spacial score (nSPS) is 12.2. The molecule has 6 rings (SSSR count). The second-order valence-electron chi connectivity index (χ2n) is 9.59. The Morgan fingerprint density at radius 3 is 1.89 bits per heavy atom. The van der Waals surface area contributed by atoms with E-state index in [0.29, 0.717) is 0 Å². The van der Waals surface area contributed by atoms with Crippen LogP contribution in [0.15, 0.2) is 121 Å². The quantitative estimate of drug-likeness (QED) is 0.191. The van der Waals surface area contributed by atoms with Gasteiger partial charge in [-0.15, -0.1) is 0 Å². The van der Waals surface area contributed by atoms with Crippen molar-refractivity contribution < 1.29 is 0 Å². The van der Waals surface area contributed by atoms with E-state index in [0.717, 1.165) is 23.2 Å². The van der Waals surface area contributed by atoms with Crippen LogP contribution in [-0.4, -0.2) is 0 Å². The van der Waals surface area contributed by atoms with Crippen molar-refractivity contribution in [1.29, 1.82) is 0 Å². The number of hydrogen-bond donors (Lipinski definition) is 2. The van der Waals surface area contributed by atoms with Crippen molar-refractivity contribution in [1.82, 2.24) is 0 Å². The van der Waals surface area contributed by atoms with E-state index >= 15 is 0 Å². The van der Waals surface area contributed by atoms with Gasteiger partial charge in [0, 0.05) is 33.4 Å². The van der Waals surface area contributed by atoms with Crippen LogP contribution in [0.25, 0.3) is 37.9 Å². The maximum atomic E-state index is 6.51. The van der Waals surface area contributed by atoms with E-state index < -0.39 is 0 Å². The van der Waals surface area contributed by atoms with Crippen LogP contribution < -0.4 is 11.1 Å². The zero-order valence-corrected chi connectivity index (χ0v) is 21.3. The van der Waals surface area contributed by atoms with Gasteiger partial charge in [-0.05, 0) is 63.7 Å². The maximum Gasteiger partial charge on any atom is 0.0468 e. The molecule has 0 aromatic heterocycles. The van der Waals surface area contributed by atoms with Gasteiger partial charge < -0.3 is 11.1 Å². The van der Waals surface area contributed by atoms with E-state index in [9.17, 15) is 0 Å². The first-order valence-electron chi connectivity index (χ1n) is 12.9. The molecule has 0 saturated heterocycles. The Labute approximate surface area is 218 Å². The molecule has 0 aliphatic carbocycles. The van der Waals surface area contributed by atoms with Crippen LogP contribution in [-0.2, 0) is 0 Å². The van der Waals surface area contributed by atoms with Crippen molar-refractivity contribution in [2.45, 2.75) is 20.3 Å². The molecule has 0 unspecified atom stereocenters. The SMILES string of the molecule is CC/C(Nc1cc2c3ccccc3c(N)cc2c2ccccc12)=C(\c1ccccc1)c1ccccc1C. The molecule has 2 nitrogen and oxygen atoms in total. The third kappa shape index (κ3) is 4.01. The molecule has 6 aromatic rings. The topological polar surface area (TPSA) is 38.0 Å². The first-order valence-corrected chi connectivity index (χ1v) is 12.9. The molecule has 180 valence electrons. The molecule has 0 amide bonds. The van der Waals surface area contributed by atoms with Crippen LogP contribution in [0.5, 0.6) is 0 Å². The summed E-state index contributed by atoms with van der Waals surface area (Å²) in [5.74, 6) is 0. The number of allylic oxidation sites excluding steroid dienone is 1. The van der Waals surface area contributed by atoms with Crippen molar-refractivity contribution in [3.8, 4) is 0 Å². The standard InChI is InChI=1S/C35H30N2/c1-3-33(35(24-14-5-4-6-15-24)25-16-8-7-13-23(25)2)37-34-22-31-26-17-9-11-19-28(26)32(36)21-30(31)27-18-10-12-20-29(27)34/h4-22,37H,3,36H2,1-2H3/b35-33-. The van der Waals surface area contributed by atoms with Crippen molar-refractivity contribution in [3.05, 3.63) is 138 Å². The summed E-state index contributed by atoms with van der Waals surface area (Å²) in [5, 5.41) is 11.0. The van der Waals surface area contributed by atoms with Gasteiger partial charge in [0.2, 0.25) is 0 Å². The summed E-state index contributed by atoms with van der Waals surface area (Å²) in [7, 11) is 0. The molecule has 0 heterocycles. The molecule has 0 bridgehead atoms. The van der Waals surface area contributed by atoms with Crippen LogP contribution in [0, 0.1) is 6.92 Å². The van der Waals surface area contributed by atoms with Gasteiger partial charge >= 0.3 is 0 Å². The summed E-state index contributed by atoms with van der Waals surface area (Å²) >= 11 is 0. The van der Waals surface area contributed by atoms with Crippen LogP contribution in [0.1, 0.15) is 30.0 Å². The van der Waals surface area contributed by atoms with Crippen LogP contribution in [0.4, 0.5) is 11.4 Å². The molecule has 0 radical (unpaired) electrons. The van der Waals surface area contributed by atoms with Crippen molar-refractivity contribution in [2.75, 3.05) is 11.1 Å².